The Labute approximate surface area is 193 Å². The van der Waals surface area contributed by atoms with Crippen LogP contribution in [-0.4, -0.2) is 80.4 Å². The van der Waals surface area contributed by atoms with E-state index in [4.69, 9.17) is 9.78 Å². The van der Waals surface area contributed by atoms with E-state index in [9.17, 15) is 19.8 Å². The molecule has 2 rings (SSSR count). The van der Waals surface area contributed by atoms with Crippen molar-refractivity contribution in [2.45, 2.75) is 103 Å². The molecule has 32 heavy (non-hydrogen) atoms. The maximum atomic E-state index is 12.8. The standard InChI is InChI=1S/C24H44N2O6/c1-21(2)13-17(14-22(3,4)25(21)9-11-27)19(29)31-32-20(30)18-15-23(5,6)26(10-12-28)24(7,8)16-18/h17-18,27-28H,9-16H2,1-8H3. The van der Waals surface area contributed by atoms with Gasteiger partial charge in [-0.05, 0) is 81.1 Å². The number of piperidine rings is 2. The van der Waals surface area contributed by atoms with Crippen LogP contribution in [0.4, 0.5) is 0 Å². The molecular formula is C24H44N2O6. The lowest BCUT2D eigenvalue weighted by Crippen LogP contribution is -2.62. The summed E-state index contributed by atoms with van der Waals surface area (Å²) in [6, 6.07) is 0. The average molecular weight is 457 g/mol. The molecule has 0 unspecified atom stereocenters. The first-order chi connectivity index (χ1) is 14.6. The Morgan fingerprint density at radius 3 is 1.12 bits per heavy atom. The number of carbonyl (C=O) groups is 2. The monoisotopic (exact) mass is 456 g/mol. The van der Waals surface area contributed by atoms with Gasteiger partial charge in [-0.25, -0.2) is 19.4 Å². The summed E-state index contributed by atoms with van der Waals surface area (Å²) >= 11 is 0. The van der Waals surface area contributed by atoms with Gasteiger partial charge in [-0.15, -0.1) is 0 Å². The van der Waals surface area contributed by atoms with Crippen molar-refractivity contribution in [1.29, 1.82) is 0 Å². The molecule has 0 aliphatic carbocycles. The van der Waals surface area contributed by atoms with Crippen LogP contribution in [0.25, 0.3) is 0 Å². The van der Waals surface area contributed by atoms with E-state index in [0.29, 0.717) is 38.8 Å². The predicted molar refractivity (Wildman–Crippen MR) is 122 cm³/mol. The summed E-state index contributed by atoms with van der Waals surface area (Å²) in [4.78, 5) is 40.2. The van der Waals surface area contributed by atoms with Crippen LogP contribution in [0.3, 0.4) is 0 Å². The van der Waals surface area contributed by atoms with E-state index in [1.165, 1.54) is 0 Å². The second-order valence-electron chi connectivity index (χ2n) is 12.0. The average Bonchev–Trinajstić information content (AvgIpc) is 2.64. The maximum absolute atomic E-state index is 12.8. The fourth-order valence-electron chi connectivity index (χ4n) is 6.60. The van der Waals surface area contributed by atoms with E-state index in [1.807, 2.05) is 0 Å². The molecule has 0 aromatic heterocycles. The summed E-state index contributed by atoms with van der Waals surface area (Å²) in [5.41, 5.74) is -1.20. The van der Waals surface area contributed by atoms with Crippen molar-refractivity contribution in [3.05, 3.63) is 0 Å². The first-order valence-corrected chi connectivity index (χ1v) is 11.8. The Morgan fingerprint density at radius 2 is 0.906 bits per heavy atom. The van der Waals surface area contributed by atoms with E-state index >= 15 is 0 Å². The molecule has 0 bridgehead atoms. The van der Waals surface area contributed by atoms with E-state index < -0.39 is 11.9 Å². The normalized spacial score (nSPS) is 25.9. The third-order valence-electron chi connectivity index (χ3n) is 7.43. The highest BCUT2D eigenvalue weighted by Gasteiger charge is 2.49. The summed E-state index contributed by atoms with van der Waals surface area (Å²) in [6.07, 6.45) is 2.25. The number of likely N-dealkylation sites (tertiary alicyclic amines) is 2. The molecule has 8 nitrogen and oxygen atoms in total. The van der Waals surface area contributed by atoms with Gasteiger partial charge in [-0.3, -0.25) is 9.80 Å². The summed E-state index contributed by atoms with van der Waals surface area (Å²) in [5, 5.41) is 18.9. The molecule has 0 saturated carbocycles. The van der Waals surface area contributed by atoms with Crippen molar-refractivity contribution >= 4 is 11.9 Å². The molecule has 2 saturated heterocycles. The minimum absolute atomic E-state index is 0.0589. The van der Waals surface area contributed by atoms with Gasteiger partial charge in [0.25, 0.3) is 0 Å². The molecular weight excluding hydrogens is 412 g/mol. The van der Waals surface area contributed by atoms with Crippen molar-refractivity contribution in [2.24, 2.45) is 11.8 Å². The summed E-state index contributed by atoms with van der Waals surface area (Å²) in [6.45, 7) is 17.6. The van der Waals surface area contributed by atoms with Gasteiger partial charge in [-0.1, -0.05) is 0 Å². The Bertz CT molecular complexity index is 594. The quantitative estimate of drug-likeness (QED) is 0.465. The van der Waals surface area contributed by atoms with Gasteiger partial charge in [0.15, 0.2) is 0 Å². The van der Waals surface area contributed by atoms with Crippen molar-refractivity contribution < 1.29 is 29.6 Å². The summed E-state index contributed by atoms with van der Waals surface area (Å²) in [7, 11) is 0. The minimum atomic E-state index is -0.514. The number of β-amino-alcohol motifs (C(OH)–C–C–N with tert-alkyl or cyclic N) is 2. The second kappa shape index (κ2) is 9.57. The molecule has 2 heterocycles. The second-order valence-corrected chi connectivity index (χ2v) is 12.0. The van der Waals surface area contributed by atoms with Crippen molar-refractivity contribution in [1.82, 2.24) is 9.80 Å². The lowest BCUT2D eigenvalue weighted by Gasteiger charge is -2.54. The highest BCUT2D eigenvalue weighted by molar-refractivity contribution is 5.76. The first kappa shape index (κ1) is 27.0. The molecule has 2 aliphatic heterocycles. The number of aliphatic hydroxyl groups is 2. The van der Waals surface area contributed by atoms with Gasteiger partial charge in [0.1, 0.15) is 0 Å². The fraction of sp³-hybridized carbons (Fsp3) is 0.917. The Kier molecular flexibility index (Phi) is 8.08. The van der Waals surface area contributed by atoms with E-state index in [1.54, 1.807) is 0 Å². The number of aliphatic hydroxyl groups excluding tert-OH is 2. The zero-order valence-electron chi connectivity index (χ0n) is 21.2. The van der Waals surface area contributed by atoms with Gasteiger partial charge >= 0.3 is 11.9 Å². The van der Waals surface area contributed by atoms with Gasteiger partial charge in [-0.2, -0.15) is 0 Å². The molecule has 0 amide bonds. The van der Waals surface area contributed by atoms with Gasteiger partial charge in [0.2, 0.25) is 0 Å². The van der Waals surface area contributed by atoms with Crippen molar-refractivity contribution in [2.75, 3.05) is 26.3 Å². The fourth-order valence-corrected chi connectivity index (χ4v) is 6.60. The van der Waals surface area contributed by atoms with Crippen LogP contribution in [0, 0.1) is 11.8 Å². The third kappa shape index (κ3) is 5.82. The van der Waals surface area contributed by atoms with Gasteiger partial charge in [0.05, 0.1) is 25.0 Å². The highest BCUT2D eigenvalue weighted by atomic mass is 17.2. The smallest absolute Gasteiger partial charge is 0.358 e. The Morgan fingerprint density at radius 1 is 0.656 bits per heavy atom. The summed E-state index contributed by atoms with van der Waals surface area (Å²) < 4.78 is 0. The Balaban J connectivity index is 2.01. The number of nitrogens with zero attached hydrogens (tertiary/aromatic N) is 2. The van der Waals surface area contributed by atoms with Crippen LogP contribution >= 0.6 is 0 Å². The lowest BCUT2D eigenvalue weighted by atomic mass is 9.73. The number of carbonyl (C=O) groups excluding carboxylic acids is 2. The molecule has 2 fully saturated rings. The highest BCUT2D eigenvalue weighted by Crippen LogP contribution is 2.43. The molecule has 0 aromatic carbocycles. The zero-order valence-corrected chi connectivity index (χ0v) is 21.2. The maximum Gasteiger partial charge on any atom is 0.358 e. The Hall–Kier alpha value is -1.22. The molecule has 8 heteroatoms. The van der Waals surface area contributed by atoms with E-state index in [-0.39, 0.29) is 47.2 Å². The van der Waals surface area contributed by atoms with Crippen LogP contribution in [0.2, 0.25) is 0 Å². The predicted octanol–water partition coefficient (Wildman–Crippen LogP) is 2.51. The van der Waals surface area contributed by atoms with Gasteiger partial charge < -0.3 is 10.2 Å². The van der Waals surface area contributed by atoms with Crippen LogP contribution < -0.4 is 0 Å². The minimum Gasteiger partial charge on any atom is -0.395 e. The number of hydrogen-bond acceptors (Lipinski definition) is 8. The molecule has 0 aromatic rings. The van der Waals surface area contributed by atoms with Crippen LogP contribution in [0.5, 0.6) is 0 Å². The van der Waals surface area contributed by atoms with E-state index in [0.717, 1.165) is 0 Å². The van der Waals surface area contributed by atoms with Crippen molar-refractivity contribution in [3.8, 4) is 0 Å². The largest absolute Gasteiger partial charge is 0.395 e. The topological polar surface area (TPSA) is 99.5 Å². The number of hydrogen-bond donors (Lipinski definition) is 2. The van der Waals surface area contributed by atoms with E-state index in [2.05, 4.69) is 65.2 Å². The van der Waals surface area contributed by atoms with Gasteiger partial charge in [0, 0.05) is 35.2 Å². The molecule has 0 spiro atoms. The SMILES string of the molecule is CC1(C)CC(C(=O)OOC(=O)C2CC(C)(C)N(CCO)C(C)(C)C2)CC(C)(C)N1CCO. The molecule has 0 atom stereocenters. The number of rotatable bonds is 6. The molecule has 186 valence electrons. The third-order valence-corrected chi connectivity index (χ3v) is 7.43. The molecule has 2 aliphatic rings. The van der Waals surface area contributed by atoms with Crippen LogP contribution in [0.15, 0.2) is 0 Å². The molecule has 2 N–H and O–H groups in total. The van der Waals surface area contributed by atoms with Crippen LogP contribution in [0.1, 0.15) is 81.1 Å². The summed E-state index contributed by atoms with van der Waals surface area (Å²) in [5.74, 6) is -1.80. The lowest BCUT2D eigenvalue weighted by molar-refractivity contribution is -0.270. The zero-order chi connectivity index (χ0) is 24.5. The van der Waals surface area contributed by atoms with Crippen LogP contribution in [-0.2, 0) is 19.4 Å². The molecule has 0 radical (unpaired) electrons. The first-order valence-electron chi connectivity index (χ1n) is 11.8. The van der Waals surface area contributed by atoms with Crippen molar-refractivity contribution in [3.63, 3.8) is 0 Å².